The van der Waals surface area contributed by atoms with Crippen LogP contribution in [0.15, 0.2) is 0 Å². The van der Waals surface area contributed by atoms with Crippen LogP contribution in [0.3, 0.4) is 0 Å². The quantitative estimate of drug-likeness (QED) is 0.366. The highest BCUT2D eigenvalue weighted by Crippen LogP contribution is 2.11. The Balaban J connectivity index is 3.94. The zero-order valence-electron chi connectivity index (χ0n) is 9.96. The molecule has 86 valence electrons. The molecule has 0 saturated carbocycles. The standard InChI is InChI=1S/C11H25NOS/c1-4-7-9-12(5-2,6-3)10-8-11-14-13/h4-11H2,1-3H3/p+1. The van der Waals surface area contributed by atoms with Crippen LogP contribution in [-0.2, 0) is 0 Å². The van der Waals surface area contributed by atoms with E-state index < -0.39 is 0 Å². The van der Waals surface area contributed by atoms with Gasteiger partial charge in [0, 0.05) is 12.2 Å². The third-order valence-corrected chi connectivity index (χ3v) is 3.67. The molecule has 0 aliphatic heterocycles. The fourth-order valence-corrected chi connectivity index (χ4v) is 2.18. The van der Waals surface area contributed by atoms with E-state index in [4.69, 9.17) is 4.55 Å². The van der Waals surface area contributed by atoms with Crippen LogP contribution in [0.5, 0.6) is 0 Å². The topological polar surface area (TPSA) is 20.2 Å². The van der Waals surface area contributed by atoms with E-state index in [2.05, 4.69) is 20.8 Å². The lowest BCUT2D eigenvalue weighted by molar-refractivity contribution is -0.925. The number of hydrogen-bond donors (Lipinski definition) is 1. The Labute approximate surface area is 93.5 Å². The fraction of sp³-hybridized carbons (Fsp3) is 1.00. The normalized spacial score (nSPS) is 12.0. The molecule has 0 spiro atoms. The average Bonchev–Trinajstić information content (AvgIpc) is 2.24. The second kappa shape index (κ2) is 8.57. The Morgan fingerprint density at radius 2 is 1.57 bits per heavy atom. The van der Waals surface area contributed by atoms with Gasteiger partial charge in [-0.3, -0.25) is 0 Å². The van der Waals surface area contributed by atoms with Crippen molar-refractivity contribution in [1.29, 1.82) is 0 Å². The summed E-state index contributed by atoms with van der Waals surface area (Å²) in [5.41, 5.74) is 0. The summed E-state index contributed by atoms with van der Waals surface area (Å²) in [5, 5.41) is 0. The van der Waals surface area contributed by atoms with Gasteiger partial charge < -0.3 is 9.04 Å². The molecule has 0 aliphatic carbocycles. The van der Waals surface area contributed by atoms with Gasteiger partial charge in [0.05, 0.1) is 26.2 Å². The fourth-order valence-electron chi connectivity index (χ4n) is 1.93. The summed E-state index contributed by atoms with van der Waals surface area (Å²) < 4.78 is 9.92. The van der Waals surface area contributed by atoms with E-state index >= 15 is 0 Å². The van der Waals surface area contributed by atoms with Gasteiger partial charge in [-0.2, -0.15) is 0 Å². The minimum atomic E-state index is 0.881. The lowest BCUT2D eigenvalue weighted by Crippen LogP contribution is -2.49. The van der Waals surface area contributed by atoms with E-state index in [1.165, 1.54) is 43.5 Å². The van der Waals surface area contributed by atoms with Crippen molar-refractivity contribution in [2.45, 2.75) is 40.0 Å². The van der Waals surface area contributed by atoms with E-state index in [0.717, 1.165) is 24.2 Å². The number of quaternary nitrogens is 1. The summed E-state index contributed by atoms with van der Waals surface area (Å²) in [5.74, 6) is 0.881. The third-order valence-electron chi connectivity index (χ3n) is 3.20. The Morgan fingerprint density at radius 3 is 2.00 bits per heavy atom. The molecule has 3 heteroatoms. The molecule has 14 heavy (non-hydrogen) atoms. The van der Waals surface area contributed by atoms with Crippen molar-refractivity contribution in [2.75, 3.05) is 31.9 Å². The SMILES string of the molecule is CCCC[N+](CC)(CC)CCCSO. The van der Waals surface area contributed by atoms with Gasteiger partial charge in [-0.25, -0.2) is 0 Å². The molecule has 0 bridgehead atoms. The largest absolute Gasteiger partial charge is 0.330 e. The van der Waals surface area contributed by atoms with Crippen molar-refractivity contribution < 1.29 is 9.04 Å². The van der Waals surface area contributed by atoms with Crippen LogP contribution >= 0.6 is 12.0 Å². The monoisotopic (exact) mass is 220 g/mol. The predicted octanol–water partition coefficient (Wildman–Crippen LogP) is 3.24. The van der Waals surface area contributed by atoms with Gasteiger partial charge in [-0.05, 0) is 32.3 Å². The van der Waals surface area contributed by atoms with E-state index in [0.29, 0.717) is 0 Å². The zero-order valence-corrected chi connectivity index (χ0v) is 10.8. The van der Waals surface area contributed by atoms with Gasteiger partial charge in [-0.15, -0.1) is 0 Å². The number of rotatable bonds is 9. The lowest BCUT2D eigenvalue weighted by atomic mass is 10.2. The number of nitrogens with zero attached hydrogens (tertiary/aromatic N) is 1. The van der Waals surface area contributed by atoms with Crippen molar-refractivity contribution in [3.63, 3.8) is 0 Å². The Hall–Kier alpha value is 0.270. The maximum Gasteiger partial charge on any atom is 0.0795 e. The van der Waals surface area contributed by atoms with Gasteiger partial charge in [0.2, 0.25) is 0 Å². The second-order valence-corrected chi connectivity index (χ2v) is 4.63. The highest BCUT2D eigenvalue weighted by atomic mass is 32.2. The molecule has 0 aromatic carbocycles. The van der Waals surface area contributed by atoms with E-state index in [9.17, 15) is 0 Å². The van der Waals surface area contributed by atoms with Crippen LogP contribution < -0.4 is 0 Å². The maximum absolute atomic E-state index is 8.69. The van der Waals surface area contributed by atoms with Crippen molar-refractivity contribution in [3.8, 4) is 0 Å². The maximum atomic E-state index is 8.69. The van der Waals surface area contributed by atoms with E-state index in [1.807, 2.05) is 0 Å². The summed E-state index contributed by atoms with van der Waals surface area (Å²) in [7, 11) is 0. The second-order valence-electron chi connectivity index (χ2n) is 3.96. The van der Waals surface area contributed by atoms with Crippen molar-refractivity contribution in [2.24, 2.45) is 0 Å². The average molecular weight is 220 g/mol. The molecule has 1 N–H and O–H groups in total. The van der Waals surface area contributed by atoms with Crippen molar-refractivity contribution >= 4 is 12.0 Å². The molecular formula is C11H26NOS+. The first-order valence-electron chi connectivity index (χ1n) is 5.86. The van der Waals surface area contributed by atoms with Crippen LogP contribution in [-0.4, -0.2) is 41.0 Å². The summed E-state index contributed by atoms with van der Waals surface area (Å²) in [4.78, 5) is 0. The molecule has 0 amide bonds. The number of unbranched alkanes of at least 4 members (excludes halogenated alkanes) is 1. The molecule has 0 atom stereocenters. The van der Waals surface area contributed by atoms with Gasteiger partial charge >= 0.3 is 0 Å². The molecule has 0 fully saturated rings. The highest BCUT2D eigenvalue weighted by molar-refractivity contribution is 7.93. The Kier molecular flexibility index (Phi) is 8.73. The van der Waals surface area contributed by atoms with Crippen molar-refractivity contribution in [3.05, 3.63) is 0 Å². The van der Waals surface area contributed by atoms with Gasteiger partial charge in [0.1, 0.15) is 0 Å². The summed E-state index contributed by atoms with van der Waals surface area (Å²) in [6.45, 7) is 11.8. The zero-order chi connectivity index (χ0) is 10.9. The van der Waals surface area contributed by atoms with Crippen LogP contribution in [0, 0.1) is 0 Å². The van der Waals surface area contributed by atoms with Gasteiger partial charge in [-0.1, -0.05) is 13.3 Å². The number of hydrogen-bond acceptors (Lipinski definition) is 2. The summed E-state index contributed by atoms with van der Waals surface area (Å²) in [6, 6.07) is 0. The molecular weight excluding hydrogens is 194 g/mol. The molecule has 0 radical (unpaired) electrons. The first-order valence-corrected chi connectivity index (χ1v) is 6.80. The van der Waals surface area contributed by atoms with Crippen LogP contribution in [0.2, 0.25) is 0 Å². The molecule has 0 unspecified atom stereocenters. The van der Waals surface area contributed by atoms with Crippen LogP contribution in [0.1, 0.15) is 40.0 Å². The predicted molar refractivity (Wildman–Crippen MR) is 65.7 cm³/mol. The molecule has 0 aliphatic rings. The summed E-state index contributed by atoms with van der Waals surface area (Å²) in [6.07, 6.45) is 3.75. The molecule has 0 aromatic rings. The van der Waals surface area contributed by atoms with E-state index in [-0.39, 0.29) is 0 Å². The lowest BCUT2D eigenvalue weighted by Gasteiger charge is -2.37. The molecule has 0 heterocycles. The smallest absolute Gasteiger partial charge is 0.0795 e. The molecule has 2 nitrogen and oxygen atoms in total. The van der Waals surface area contributed by atoms with Crippen molar-refractivity contribution in [1.82, 2.24) is 0 Å². The third kappa shape index (κ3) is 5.23. The van der Waals surface area contributed by atoms with Crippen LogP contribution in [0.4, 0.5) is 0 Å². The highest BCUT2D eigenvalue weighted by Gasteiger charge is 2.21. The first kappa shape index (κ1) is 14.3. The summed E-state index contributed by atoms with van der Waals surface area (Å²) >= 11 is 0.977. The Morgan fingerprint density at radius 1 is 1.00 bits per heavy atom. The minimum absolute atomic E-state index is 0.881. The molecule has 0 aromatic heterocycles. The molecule has 0 saturated heterocycles. The van der Waals surface area contributed by atoms with E-state index in [1.54, 1.807) is 0 Å². The molecule has 0 rings (SSSR count). The minimum Gasteiger partial charge on any atom is -0.330 e. The van der Waals surface area contributed by atoms with Gasteiger partial charge in [0.25, 0.3) is 0 Å². The van der Waals surface area contributed by atoms with Crippen LogP contribution in [0.25, 0.3) is 0 Å². The Bertz CT molecular complexity index is 126. The van der Waals surface area contributed by atoms with Gasteiger partial charge in [0.15, 0.2) is 0 Å². The first-order chi connectivity index (χ1) is 6.74.